The van der Waals surface area contributed by atoms with Crippen LogP contribution in [0.25, 0.3) is 0 Å². The third-order valence-electron chi connectivity index (χ3n) is 2.44. The summed E-state index contributed by atoms with van der Waals surface area (Å²) in [4.78, 5) is 0. The summed E-state index contributed by atoms with van der Waals surface area (Å²) in [6, 6.07) is 5.43. The van der Waals surface area contributed by atoms with Gasteiger partial charge in [-0.25, -0.2) is 0 Å². The number of alkyl halides is 3. The summed E-state index contributed by atoms with van der Waals surface area (Å²) in [6.45, 7) is 0. The molecule has 0 aliphatic carbocycles. The van der Waals surface area contributed by atoms with Crippen molar-refractivity contribution in [1.82, 2.24) is 0 Å². The molecule has 0 saturated carbocycles. The summed E-state index contributed by atoms with van der Waals surface area (Å²) in [5.74, 6) is -0.435. The highest BCUT2D eigenvalue weighted by Crippen LogP contribution is 2.33. The van der Waals surface area contributed by atoms with E-state index in [1.54, 1.807) is 0 Å². The van der Waals surface area contributed by atoms with Gasteiger partial charge in [-0.05, 0) is 40.1 Å². The summed E-state index contributed by atoms with van der Waals surface area (Å²) in [7, 11) is 0. The lowest BCUT2D eigenvalue weighted by Gasteiger charge is -2.14. The van der Waals surface area contributed by atoms with Crippen LogP contribution in [0.5, 0.6) is 5.75 Å². The number of hydrogen-bond acceptors (Lipinski definition) is 3. The molecule has 0 unspecified atom stereocenters. The Labute approximate surface area is 128 Å². The summed E-state index contributed by atoms with van der Waals surface area (Å²) < 4.78 is 40.1. The molecule has 1 aromatic heterocycles. The van der Waals surface area contributed by atoms with Crippen LogP contribution in [0, 0.1) is 0 Å². The molecule has 2 rings (SSSR count). The van der Waals surface area contributed by atoms with Gasteiger partial charge in [0, 0.05) is 0 Å². The fourth-order valence-corrected chi connectivity index (χ4v) is 2.49. The second kappa shape index (κ2) is 6.67. The molecule has 110 valence electrons. The van der Waals surface area contributed by atoms with E-state index in [-0.39, 0.29) is 17.4 Å². The minimum Gasteiger partial charge on any atom is -0.404 e. The van der Waals surface area contributed by atoms with Crippen LogP contribution >= 0.6 is 35.3 Å². The van der Waals surface area contributed by atoms with Crippen molar-refractivity contribution < 1.29 is 17.9 Å². The van der Waals surface area contributed by atoms with Gasteiger partial charge in [0.05, 0.1) is 11.1 Å². The van der Waals surface area contributed by atoms with Gasteiger partial charge in [-0.15, -0.1) is 25.6 Å². The zero-order valence-electron chi connectivity index (χ0n) is 9.86. The number of halogens is 5. The van der Waals surface area contributed by atoms with Crippen LogP contribution in [-0.2, 0) is 0 Å². The Morgan fingerprint density at radius 3 is 2.40 bits per heavy atom. The fraction of sp³-hybridized carbons (Fsp3) is 0.167. The van der Waals surface area contributed by atoms with Crippen molar-refractivity contribution in [3.63, 3.8) is 0 Å². The zero-order valence-corrected chi connectivity index (χ0v) is 12.2. The minimum atomic E-state index is -4.76. The van der Waals surface area contributed by atoms with Gasteiger partial charge >= 0.3 is 6.36 Å². The third kappa shape index (κ3) is 4.28. The lowest BCUT2D eigenvalue weighted by Crippen LogP contribution is -2.17. The fourth-order valence-electron chi connectivity index (χ4n) is 1.56. The van der Waals surface area contributed by atoms with E-state index in [2.05, 4.69) is 4.74 Å². The molecule has 0 fully saturated rings. The largest absolute Gasteiger partial charge is 0.573 e. The van der Waals surface area contributed by atoms with E-state index in [1.165, 1.54) is 23.5 Å². The van der Waals surface area contributed by atoms with Crippen molar-refractivity contribution in [1.29, 1.82) is 0 Å². The number of benzene rings is 1. The lowest BCUT2D eigenvalue weighted by atomic mass is 10.0. The topological polar surface area (TPSA) is 35.2 Å². The molecule has 1 heterocycles. The highest BCUT2D eigenvalue weighted by molar-refractivity contribution is 7.08. The molecule has 0 spiro atoms. The first-order valence-electron chi connectivity index (χ1n) is 5.19. The molecule has 2 N–H and O–H groups in total. The molecular formula is C12H10Cl2F3NOS. The van der Waals surface area contributed by atoms with Crippen molar-refractivity contribution in [2.24, 2.45) is 5.73 Å². The lowest BCUT2D eigenvalue weighted by molar-refractivity contribution is -0.274. The Kier molecular flexibility index (Phi) is 5.70. The second-order valence-electron chi connectivity index (χ2n) is 3.77. The first-order chi connectivity index (χ1) is 8.87. The molecular weight excluding hydrogens is 334 g/mol. The molecule has 2 nitrogen and oxygen atoms in total. The quantitative estimate of drug-likeness (QED) is 0.871. The average Bonchev–Trinajstić information content (AvgIpc) is 2.82. The number of hydrogen-bond donors (Lipinski definition) is 1. The minimum absolute atomic E-state index is 0. The van der Waals surface area contributed by atoms with Gasteiger partial charge in [-0.3, -0.25) is 0 Å². The molecule has 2 aromatic rings. The van der Waals surface area contributed by atoms with E-state index in [4.69, 9.17) is 17.3 Å². The maximum absolute atomic E-state index is 12.1. The molecule has 0 amide bonds. The first-order valence-corrected chi connectivity index (χ1v) is 6.52. The van der Waals surface area contributed by atoms with Crippen molar-refractivity contribution in [3.05, 3.63) is 51.2 Å². The summed E-state index contributed by atoms with van der Waals surface area (Å²) in [5.41, 5.74) is 7.50. The molecule has 0 aliphatic heterocycles. The second-order valence-corrected chi connectivity index (χ2v) is 4.96. The molecule has 20 heavy (non-hydrogen) atoms. The first kappa shape index (κ1) is 17.1. The monoisotopic (exact) mass is 343 g/mol. The number of ether oxygens (including phenoxy) is 1. The number of nitrogens with two attached hydrogens (primary N) is 1. The van der Waals surface area contributed by atoms with E-state index in [9.17, 15) is 13.2 Å². The highest BCUT2D eigenvalue weighted by atomic mass is 35.5. The molecule has 1 aromatic carbocycles. The smallest absolute Gasteiger partial charge is 0.404 e. The van der Waals surface area contributed by atoms with Crippen LogP contribution in [0.1, 0.15) is 17.2 Å². The van der Waals surface area contributed by atoms with Crippen molar-refractivity contribution in [2.75, 3.05) is 0 Å². The van der Waals surface area contributed by atoms with Gasteiger partial charge in [-0.2, -0.15) is 11.3 Å². The van der Waals surface area contributed by atoms with Crippen LogP contribution in [0.2, 0.25) is 5.02 Å². The van der Waals surface area contributed by atoms with E-state index in [0.29, 0.717) is 5.56 Å². The van der Waals surface area contributed by atoms with Gasteiger partial charge in [0.1, 0.15) is 5.75 Å². The van der Waals surface area contributed by atoms with Crippen molar-refractivity contribution >= 4 is 35.3 Å². The van der Waals surface area contributed by atoms with E-state index in [1.807, 2.05) is 16.8 Å². The molecule has 0 aliphatic rings. The Morgan fingerprint density at radius 1 is 1.20 bits per heavy atom. The average molecular weight is 344 g/mol. The summed E-state index contributed by atoms with van der Waals surface area (Å²) in [5, 5.41) is 3.62. The SMILES string of the molecule is Cl.N[C@@H](c1ccsc1)c1ccc(OC(F)(F)F)c(Cl)c1. The van der Waals surface area contributed by atoms with Gasteiger partial charge in [0.25, 0.3) is 0 Å². The van der Waals surface area contributed by atoms with Crippen LogP contribution in [0.15, 0.2) is 35.0 Å². The Balaban J connectivity index is 0.00000200. The Bertz CT molecular complexity index is 560. The van der Waals surface area contributed by atoms with Crippen molar-refractivity contribution in [3.8, 4) is 5.75 Å². The predicted octanol–water partition coefficient (Wildman–Crippen LogP) is 4.77. The Hall–Kier alpha value is -0.950. The van der Waals surface area contributed by atoms with Crippen LogP contribution in [0.3, 0.4) is 0 Å². The van der Waals surface area contributed by atoms with Gasteiger partial charge in [0.2, 0.25) is 0 Å². The third-order valence-corrected chi connectivity index (χ3v) is 3.44. The molecule has 8 heteroatoms. The molecule has 0 radical (unpaired) electrons. The van der Waals surface area contributed by atoms with E-state index in [0.717, 1.165) is 11.6 Å². The summed E-state index contributed by atoms with van der Waals surface area (Å²) in [6.07, 6.45) is -4.76. The normalized spacial score (nSPS) is 12.7. The van der Waals surface area contributed by atoms with E-state index >= 15 is 0 Å². The van der Waals surface area contributed by atoms with Crippen LogP contribution in [-0.4, -0.2) is 6.36 Å². The number of rotatable bonds is 3. The molecule has 0 bridgehead atoms. The zero-order chi connectivity index (χ0) is 14.0. The van der Waals surface area contributed by atoms with E-state index < -0.39 is 18.2 Å². The van der Waals surface area contributed by atoms with Gasteiger partial charge in [0.15, 0.2) is 0 Å². The molecule has 0 saturated heterocycles. The standard InChI is InChI=1S/C12H9ClF3NOS.ClH/c13-9-5-7(11(17)8-3-4-19-6-8)1-2-10(9)18-12(14,15)16;/h1-6,11H,17H2;1H/t11-;/m1./s1. The number of thiophene rings is 1. The van der Waals surface area contributed by atoms with Gasteiger partial charge < -0.3 is 10.5 Å². The van der Waals surface area contributed by atoms with Crippen molar-refractivity contribution in [2.45, 2.75) is 12.4 Å². The maximum Gasteiger partial charge on any atom is 0.573 e. The predicted molar refractivity (Wildman–Crippen MR) is 75.7 cm³/mol. The van der Waals surface area contributed by atoms with Crippen LogP contribution < -0.4 is 10.5 Å². The van der Waals surface area contributed by atoms with Gasteiger partial charge in [-0.1, -0.05) is 17.7 Å². The highest BCUT2D eigenvalue weighted by Gasteiger charge is 2.32. The summed E-state index contributed by atoms with van der Waals surface area (Å²) >= 11 is 7.25. The van der Waals surface area contributed by atoms with Crippen LogP contribution in [0.4, 0.5) is 13.2 Å². The Morgan fingerprint density at radius 2 is 1.90 bits per heavy atom. The molecule has 1 atom stereocenters. The maximum atomic E-state index is 12.1.